The number of anilines is 2. The fourth-order valence-electron chi connectivity index (χ4n) is 5.91. The molecule has 0 spiro atoms. The van der Waals surface area contributed by atoms with Crippen molar-refractivity contribution in [2.24, 2.45) is 0 Å². The van der Waals surface area contributed by atoms with Gasteiger partial charge in [-0.15, -0.1) is 0 Å². The molecule has 0 aliphatic carbocycles. The number of carbonyl (C=O) groups excluding carboxylic acids is 4. The minimum Gasteiger partial charge on any atom is -0.396 e. The summed E-state index contributed by atoms with van der Waals surface area (Å²) >= 11 is 35.3. The molecule has 8 aromatic rings. The number of hydrogen-bond donors (Lipinski definition) is 3. The maximum atomic E-state index is 14.5. The maximum absolute atomic E-state index is 14.5. The van der Waals surface area contributed by atoms with Gasteiger partial charge in [0.2, 0.25) is 11.6 Å². The summed E-state index contributed by atoms with van der Waals surface area (Å²) in [6, 6.07) is 16.4. The SMILES string of the molecule is Nc1ccc(F)c(C(=O)c2c[nH]c3ncc(Br)cc23)c1F.Nc1ccc(F)c(C(=O)c2cn(C(=O)c3c(Cl)cccc3Cl)c3ncc(Br)cc23)c1F.O=C(Cl)c1c(Cl)cccc1Cl. The Labute approximate surface area is 394 Å². The van der Waals surface area contributed by atoms with Crippen LogP contribution in [-0.2, 0) is 0 Å². The van der Waals surface area contributed by atoms with Crippen LogP contribution in [0.4, 0.5) is 28.9 Å². The Balaban J connectivity index is 0.000000177. The predicted octanol–water partition coefficient (Wildman–Crippen LogP) is 12.7. The van der Waals surface area contributed by atoms with E-state index in [-0.39, 0.29) is 64.8 Å². The lowest BCUT2D eigenvalue weighted by Gasteiger charge is -2.07. The predicted molar refractivity (Wildman–Crippen MR) is 242 cm³/mol. The second kappa shape index (κ2) is 19.6. The summed E-state index contributed by atoms with van der Waals surface area (Å²) in [7, 11) is 0. The summed E-state index contributed by atoms with van der Waals surface area (Å²) in [6.45, 7) is 0. The number of ketones is 2. The van der Waals surface area contributed by atoms with E-state index in [0.717, 1.165) is 35.0 Å². The minimum atomic E-state index is -1.19. The van der Waals surface area contributed by atoms with Gasteiger partial charge in [0.15, 0.2) is 11.6 Å². The molecule has 0 unspecified atom stereocenters. The van der Waals surface area contributed by atoms with Crippen LogP contribution in [0.2, 0.25) is 20.1 Å². The fraction of sp³-hybridized carbons (Fsp3) is 0. The first-order valence-corrected chi connectivity index (χ1v) is 20.8. The second-order valence-corrected chi connectivity index (χ2v) is 16.6. The molecule has 320 valence electrons. The van der Waals surface area contributed by atoms with Crippen LogP contribution in [0.25, 0.3) is 22.1 Å². The number of benzene rings is 4. The lowest BCUT2D eigenvalue weighted by molar-refractivity contribution is 0.0963. The van der Waals surface area contributed by atoms with E-state index in [0.29, 0.717) is 20.0 Å². The number of halogens is 11. The van der Waals surface area contributed by atoms with Crippen molar-refractivity contribution in [2.45, 2.75) is 0 Å². The van der Waals surface area contributed by atoms with Crippen molar-refractivity contribution in [1.29, 1.82) is 0 Å². The Morgan fingerprint density at radius 1 is 0.619 bits per heavy atom. The molecule has 10 nitrogen and oxygen atoms in total. The fourth-order valence-corrected chi connectivity index (χ4v) is 8.01. The first-order valence-electron chi connectivity index (χ1n) is 17.3. The van der Waals surface area contributed by atoms with Crippen molar-refractivity contribution in [3.05, 3.63) is 183 Å². The number of aromatic nitrogens is 4. The van der Waals surface area contributed by atoms with Crippen LogP contribution in [0.15, 0.2) is 107 Å². The number of H-pyrrole nitrogens is 1. The number of fused-ring (bicyclic) bond motifs is 2. The molecular formula is C42H21Br2Cl5F4N6O4. The number of nitrogens with zero attached hydrogens (tertiary/aromatic N) is 3. The molecule has 4 heterocycles. The third-order valence-electron chi connectivity index (χ3n) is 8.85. The number of aromatic amines is 1. The molecule has 0 radical (unpaired) electrons. The summed E-state index contributed by atoms with van der Waals surface area (Å²) in [4.78, 5) is 60.5. The lowest BCUT2D eigenvalue weighted by Crippen LogP contribution is -2.13. The summed E-state index contributed by atoms with van der Waals surface area (Å²) < 4.78 is 58.8. The van der Waals surface area contributed by atoms with E-state index in [9.17, 15) is 36.7 Å². The summed E-state index contributed by atoms with van der Waals surface area (Å²) in [5, 5.41) is 0.762. The molecule has 0 aliphatic heterocycles. The molecule has 8 rings (SSSR count). The van der Waals surface area contributed by atoms with Gasteiger partial charge in [0.05, 0.1) is 59.3 Å². The number of pyridine rings is 2. The van der Waals surface area contributed by atoms with Crippen LogP contribution in [0, 0.1) is 23.3 Å². The van der Waals surface area contributed by atoms with Crippen LogP contribution >= 0.6 is 89.9 Å². The highest BCUT2D eigenvalue weighted by atomic mass is 79.9. The Kier molecular flexibility index (Phi) is 14.7. The molecule has 4 aromatic carbocycles. The van der Waals surface area contributed by atoms with Crippen LogP contribution < -0.4 is 11.5 Å². The molecule has 0 saturated carbocycles. The molecule has 5 N–H and O–H groups in total. The van der Waals surface area contributed by atoms with Crippen molar-refractivity contribution < 1.29 is 36.7 Å². The molecule has 0 saturated heterocycles. The van der Waals surface area contributed by atoms with Gasteiger partial charge in [-0.05, 0) is 104 Å². The smallest absolute Gasteiger partial charge is 0.266 e. The molecule has 4 aromatic heterocycles. The van der Waals surface area contributed by atoms with E-state index in [1.54, 1.807) is 36.5 Å². The average molecular weight is 1090 g/mol. The first kappa shape index (κ1) is 47.2. The van der Waals surface area contributed by atoms with Crippen molar-refractivity contribution in [3.8, 4) is 0 Å². The van der Waals surface area contributed by atoms with Gasteiger partial charge in [0, 0.05) is 50.1 Å². The summed E-state index contributed by atoms with van der Waals surface area (Å²) in [5.41, 5.74) is 9.40. The zero-order valence-electron chi connectivity index (χ0n) is 31.0. The largest absolute Gasteiger partial charge is 0.396 e. The second-order valence-electron chi connectivity index (χ2n) is 12.8. The Morgan fingerprint density at radius 2 is 1.08 bits per heavy atom. The maximum Gasteiger partial charge on any atom is 0.266 e. The van der Waals surface area contributed by atoms with Crippen LogP contribution in [-0.4, -0.2) is 42.2 Å². The molecule has 0 aliphatic rings. The highest BCUT2D eigenvalue weighted by molar-refractivity contribution is 9.10. The summed E-state index contributed by atoms with van der Waals surface area (Å²) in [6.07, 6.45) is 5.48. The zero-order valence-corrected chi connectivity index (χ0v) is 38.0. The van der Waals surface area contributed by atoms with Crippen LogP contribution in [0.3, 0.4) is 0 Å². The Morgan fingerprint density at radius 3 is 1.57 bits per heavy atom. The standard InChI is InChI=1S/C21H10BrCl2F2N3O2.C14H8BrF2N3O.C7H3Cl3O/c22-9-6-10-11(19(30)17-14(25)4-5-15(27)18(17)26)8-29(20(10)28-7-9)21(31)16-12(23)2-1-3-13(16)24;15-6-3-7-8(5-20-14(7)19-4-6)13(21)11-9(16)1-2-10(18)12(11)17;8-4-2-1-3-5(9)6(4)7(10)11/h1-8H,27H2;1-5H,18H2,(H,19,20);1-3H. The molecule has 0 fully saturated rings. The first-order chi connectivity index (χ1) is 29.8. The van der Waals surface area contributed by atoms with Gasteiger partial charge in [-0.2, -0.15) is 0 Å². The van der Waals surface area contributed by atoms with E-state index < -0.39 is 57.1 Å². The third kappa shape index (κ3) is 9.77. The minimum absolute atomic E-state index is 0.00670. The molecule has 21 heteroatoms. The van der Waals surface area contributed by atoms with Gasteiger partial charge >= 0.3 is 0 Å². The lowest BCUT2D eigenvalue weighted by atomic mass is 10.0. The van der Waals surface area contributed by atoms with Crippen molar-refractivity contribution in [3.63, 3.8) is 0 Å². The Bertz CT molecular complexity index is 3150. The van der Waals surface area contributed by atoms with Gasteiger partial charge in [0.1, 0.15) is 22.9 Å². The van der Waals surface area contributed by atoms with E-state index in [1.807, 2.05) is 0 Å². The highest BCUT2D eigenvalue weighted by Crippen LogP contribution is 2.32. The molecule has 0 bridgehead atoms. The number of nitrogens with one attached hydrogen (secondary N) is 1. The van der Waals surface area contributed by atoms with E-state index >= 15 is 0 Å². The number of hydrogen-bond acceptors (Lipinski definition) is 8. The van der Waals surface area contributed by atoms with E-state index in [4.69, 9.17) is 69.5 Å². The molecular weight excluding hydrogens is 1070 g/mol. The van der Waals surface area contributed by atoms with Crippen LogP contribution in [0.1, 0.15) is 52.6 Å². The molecule has 63 heavy (non-hydrogen) atoms. The number of nitrogen functional groups attached to an aromatic ring is 2. The highest BCUT2D eigenvalue weighted by Gasteiger charge is 2.28. The molecule has 0 amide bonds. The zero-order chi connectivity index (χ0) is 46.0. The molecule has 0 atom stereocenters. The van der Waals surface area contributed by atoms with Crippen LogP contribution in [0.5, 0.6) is 0 Å². The number of rotatable bonds is 6. The van der Waals surface area contributed by atoms with Gasteiger partial charge in [0.25, 0.3) is 11.1 Å². The van der Waals surface area contributed by atoms with Gasteiger partial charge in [-0.3, -0.25) is 23.7 Å². The average Bonchev–Trinajstić information content (AvgIpc) is 3.82. The van der Waals surface area contributed by atoms with Crippen molar-refractivity contribution in [1.82, 2.24) is 19.5 Å². The van der Waals surface area contributed by atoms with Crippen molar-refractivity contribution in [2.75, 3.05) is 11.5 Å². The Hall–Kier alpha value is -5.33. The van der Waals surface area contributed by atoms with Crippen molar-refractivity contribution >= 4 is 146 Å². The van der Waals surface area contributed by atoms with E-state index in [1.165, 1.54) is 30.6 Å². The summed E-state index contributed by atoms with van der Waals surface area (Å²) in [5.74, 6) is -6.73. The number of carbonyl (C=O) groups is 4. The number of nitrogens with two attached hydrogens (primary N) is 2. The monoisotopic (exact) mass is 1080 g/mol. The third-order valence-corrected chi connectivity index (χ3v) is 11.2. The van der Waals surface area contributed by atoms with Gasteiger partial charge in [-0.1, -0.05) is 58.5 Å². The normalized spacial score (nSPS) is 10.8. The van der Waals surface area contributed by atoms with E-state index in [2.05, 4.69) is 46.8 Å². The quantitative estimate of drug-likeness (QED) is 0.0640. The topological polar surface area (TPSA) is 167 Å². The van der Waals surface area contributed by atoms with Gasteiger partial charge < -0.3 is 16.5 Å². The van der Waals surface area contributed by atoms with Gasteiger partial charge in [-0.25, -0.2) is 27.5 Å².